The van der Waals surface area contributed by atoms with Crippen LogP contribution in [0, 0.1) is 0 Å². The Labute approximate surface area is 214 Å². The molecule has 1 fully saturated rings. The number of carboxylic acid groups (broad SMARTS) is 1. The van der Waals surface area contributed by atoms with Crippen molar-refractivity contribution in [3.63, 3.8) is 0 Å². The van der Waals surface area contributed by atoms with Crippen molar-refractivity contribution in [1.82, 2.24) is 15.2 Å². The number of allylic oxidation sites excluding steroid dienone is 1. The molecule has 3 heterocycles. The third kappa shape index (κ3) is 5.07. The Kier molecular flexibility index (Phi) is 10.7. The van der Waals surface area contributed by atoms with Crippen molar-refractivity contribution in [2.45, 2.75) is 11.4 Å². The summed E-state index contributed by atoms with van der Waals surface area (Å²) in [6.07, 6.45) is 1.36. The number of rotatable bonds is 5. The van der Waals surface area contributed by atoms with E-state index in [1.807, 2.05) is 0 Å². The minimum atomic E-state index is -1.49. The van der Waals surface area contributed by atoms with Gasteiger partial charge in [0.25, 0.3) is 11.8 Å². The molecular formula is C14H16KN5O7S2. The van der Waals surface area contributed by atoms with Crippen molar-refractivity contribution in [2.24, 2.45) is 5.16 Å². The number of nitrogens with zero attached hydrogens (tertiary/aromatic N) is 3. The van der Waals surface area contributed by atoms with Crippen LogP contribution < -0.4 is 67.5 Å². The van der Waals surface area contributed by atoms with Gasteiger partial charge in [-0.2, -0.15) is 0 Å². The SMILES string of the molecule is C=CC1=C(C(=O)[O-])N2C(=O)C(NC(=O)/C(=N\O)c3csc(N)n3)C2SC1.O.O.[K+]. The van der Waals surface area contributed by atoms with Crippen molar-refractivity contribution in [2.75, 3.05) is 11.5 Å². The molecule has 2 aliphatic rings. The number of nitrogens with one attached hydrogen (secondary N) is 1. The zero-order valence-electron chi connectivity index (χ0n) is 15.0. The number of fused-ring (bicyclic) bond motifs is 1. The predicted octanol–water partition coefficient (Wildman–Crippen LogP) is -6.15. The van der Waals surface area contributed by atoms with Crippen LogP contribution in [0.4, 0.5) is 5.13 Å². The van der Waals surface area contributed by atoms with Gasteiger partial charge in [0.05, 0.1) is 11.7 Å². The van der Waals surface area contributed by atoms with Gasteiger partial charge in [0.1, 0.15) is 17.1 Å². The van der Waals surface area contributed by atoms with Crippen LogP contribution in [-0.4, -0.2) is 66.7 Å². The first-order valence-corrected chi connectivity index (χ1v) is 9.07. The third-order valence-corrected chi connectivity index (χ3v) is 5.78. The number of amides is 2. The number of carbonyl (C=O) groups is 3. The number of thiazole rings is 1. The topological polar surface area (TPSA) is 224 Å². The Morgan fingerprint density at radius 1 is 1.48 bits per heavy atom. The van der Waals surface area contributed by atoms with Crippen LogP contribution in [-0.2, 0) is 14.4 Å². The van der Waals surface area contributed by atoms with Crippen molar-refractivity contribution in [3.05, 3.63) is 35.0 Å². The summed E-state index contributed by atoms with van der Waals surface area (Å²) in [4.78, 5) is 40.9. The van der Waals surface area contributed by atoms with Crippen LogP contribution in [0.15, 0.2) is 34.5 Å². The molecule has 2 atom stereocenters. The van der Waals surface area contributed by atoms with Crippen molar-refractivity contribution >= 4 is 51.7 Å². The fourth-order valence-electron chi connectivity index (χ4n) is 2.61. The van der Waals surface area contributed by atoms with Crippen LogP contribution in [0.1, 0.15) is 5.69 Å². The number of nitrogens with two attached hydrogens (primary N) is 1. The first-order chi connectivity index (χ1) is 12.4. The quantitative estimate of drug-likeness (QED) is 0.123. The second-order valence-electron chi connectivity index (χ2n) is 5.25. The molecule has 3 rings (SSSR count). The molecule has 2 amide bonds. The standard InChI is InChI=1S/C14H13N5O5S2.K.2H2O/c1-2-5-3-25-12-8(11(21)19(12)9(5)13(22)23)17-10(20)7(18-24)6-4-26-14(15)16-6;;;/h2,4,8,12,24H,1,3H2,(H2,15,16)(H,17,20)(H,22,23);;2*1H2/q;+1;;/p-1/b18-7-;;;. The van der Waals surface area contributed by atoms with Gasteiger partial charge in [0, 0.05) is 11.1 Å². The molecule has 29 heavy (non-hydrogen) atoms. The van der Waals surface area contributed by atoms with Gasteiger partial charge < -0.3 is 37.1 Å². The average Bonchev–Trinajstić information content (AvgIpc) is 3.04. The normalized spacial score (nSPS) is 20.2. The van der Waals surface area contributed by atoms with Crippen molar-refractivity contribution in [1.29, 1.82) is 0 Å². The summed E-state index contributed by atoms with van der Waals surface area (Å²) < 4.78 is 0. The van der Waals surface area contributed by atoms with Crippen LogP contribution >= 0.6 is 23.1 Å². The van der Waals surface area contributed by atoms with E-state index >= 15 is 0 Å². The average molecular weight is 470 g/mol. The zero-order chi connectivity index (χ0) is 19.0. The van der Waals surface area contributed by atoms with Crippen molar-refractivity contribution in [3.8, 4) is 0 Å². The molecule has 0 radical (unpaired) electrons. The number of thioether (sulfide) groups is 1. The fraction of sp³-hybridized carbons (Fsp3) is 0.214. The van der Waals surface area contributed by atoms with E-state index in [2.05, 4.69) is 22.0 Å². The minimum Gasteiger partial charge on any atom is -0.543 e. The second-order valence-corrected chi connectivity index (χ2v) is 7.24. The number of oxime groups is 1. The molecule has 12 nitrogen and oxygen atoms in total. The largest absolute Gasteiger partial charge is 1.00 e. The fourth-order valence-corrected chi connectivity index (χ4v) is 4.50. The summed E-state index contributed by atoms with van der Waals surface area (Å²) in [5.74, 6) is -2.62. The summed E-state index contributed by atoms with van der Waals surface area (Å²) in [6, 6.07) is -0.971. The molecular weight excluding hydrogens is 453 g/mol. The van der Waals surface area contributed by atoms with Gasteiger partial charge in [-0.3, -0.25) is 14.5 Å². The van der Waals surface area contributed by atoms with Gasteiger partial charge in [-0.05, 0) is 5.57 Å². The molecule has 0 aliphatic carbocycles. The molecule has 1 saturated heterocycles. The van der Waals surface area contributed by atoms with Gasteiger partial charge >= 0.3 is 51.4 Å². The van der Waals surface area contributed by atoms with E-state index < -0.39 is 34.9 Å². The molecule has 152 valence electrons. The van der Waals surface area contributed by atoms with Crippen LogP contribution in [0.3, 0.4) is 0 Å². The molecule has 1 aromatic rings. The van der Waals surface area contributed by atoms with Crippen LogP contribution in [0.5, 0.6) is 0 Å². The second kappa shape index (κ2) is 11.2. The minimum absolute atomic E-state index is 0. The number of carboxylic acids is 1. The van der Waals surface area contributed by atoms with E-state index in [1.165, 1.54) is 23.2 Å². The van der Waals surface area contributed by atoms with E-state index in [-0.39, 0.29) is 78.9 Å². The number of carbonyl (C=O) groups excluding carboxylic acids is 3. The van der Waals surface area contributed by atoms with Crippen molar-refractivity contribution < 1.29 is 87.0 Å². The van der Waals surface area contributed by atoms with E-state index in [0.29, 0.717) is 11.3 Å². The summed E-state index contributed by atoms with van der Waals surface area (Å²) in [5, 5.41) is 26.8. The number of aliphatic carboxylic acids is 1. The smallest absolute Gasteiger partial charge is 0.543 e. The Hall–Kier alpha value is -1.30. The predicted molar refractivity (Wildman–Crippen MR) is 99.3 cm³/mol. The first kappa shape index (κ1) is 27.7. The molecule has 0 bridgehead atoms. The number of β-lactam (4-membered cyclic amide) rings is 1. The third-order valence-electron chi connectivity index (χ3n) is 3.80. The Morgan fingerprint density at radius 2 is 2.14 bits per heavy atom. The molecule has 8 N–H and O–H groups in total. The summed E-state index contributed by atoms with van der Waals surface area (Å²) in [7, 11) is 0. The van der Waals surface area contributed by atoms with Crippen LogP contribution in [0.25, 0.3) is 0 Å². The maximum atomic E-state index is 12.4. The molecule has 0 aromatic carbocycles. The van der Waals surface area contributed by atoms with E-state index in [4.69, 9.17) is 10.9 Å². The Bertz CT molecular complexity index is 887. The van der Waals surface area contributed by atoms with Crippen LogP contribution in [0.2, 0.25) is 0 Å². The molecule has 2 unspecified atom stereocenters. The summed E-state index contributed by atoms with van der Waals surface area (Å²) >= 11 is 2.33. The van der Waals surface area contributed by atoms with Gasteiger partial charge in [0.15, 0.2) is 10.8 Å². The number of aromatic nitrogens is 1. The van der Waals surface area contributed by atoms with Gasteiger partial charge in [0.2, 0.25) is 0 Å². The maximum Gasteiger partial charge on any atom is 1.00 e. The van der Waals surface area contributed by atoms with Gasteiger partial charge in [-0.1, -0.05) is 17.8 Å². The Balaban J connectivity index is 0.00000261. The molecule has 0 spiro atoms. The number of anilines is 1. The van der Waals surface area contributed by atoms with Gasteiger partial charge in [-0.25, -0.2) is 4.98 Å². The number of hydrogen-bond acceptors (Lipinski definition) is 10. The molecule has 1 aromatic heterocycles. The monoisotopic (exact) mass is 469 g/mol. The van der Waals surface area contributed by atoms with Gasteiger partial charge in [-0.15, -0.1) is 23.1 Å². The number of hydrogen-bond donors (Lipinski definition) is 3. The maximum absolute atomic E-state index is 12.4. The summed E-state index contributed by atoms with van der Waals surface area (Å²) in [5.41, 5.74) is 5.29. The summed E-state index contributed by atoms with van der Waals surface area (Å²) in [6.45, 7) is 3.53. The van der Waals surface area contributed by atoms with E-state index in [9.17, 15) is 19.5 Å². The zero-order valence-corrected chi connectivity index (χ0v) is 19.8. The first-order valence-electron chi connectivity index (χ1n) is 7.15. The molecule has 15 heteroatoms. The van der Waals surface area contributed by atoms with E-state index in [0.717, 1.165) is 16.2 Å². The van der Waals surface area contributed by atoms with E-state index in [1.54, 1.807) is 0 Å². The Morgan fingerprint density at radius 3 is 2.62 bits per heavy atom. The molecule has 0 saturated carbocycles. The number of nitrogen functional groups attached to an aromatic ring is 1. The molecule has 2 aliphatic heterocycles.